The van der Waals surface area contributed by atoms with Crippen molar-refractivity contribution in [2.24, 2.45) is 0 Å². The van der Waals surface area contributed by atoms with Crippen LogP contribution in [0.3, 0.4) is 0 Å². The molecule has 0 amide bonds. The lowest BCUT2D eigenvalue weighted by atomic mass is 9.98. The topological polar surface area (TPSA) is 56.7 Å². The summed E-state index contributed by atoms with van der Waals surface area (Å²) in [5, 5.41) is 1.21. The first-order valence-corrected chi connectivity index (χ1v) is 8.45. The van der Waals surface area contributed by atoms with Crippen molar-refractivity contribution in [2.45, 2.75) is 20.4 Å². The van der Waals surface area contributed by atoms with Gasteiger partial charge in [0.05, 0.1) is 5.69 Å². The quantitative estimate of drug-likeness (QED) is 0.556. The molecule has 0 bridgehead atoms. The molecule has 0 aliphatic rings. The van der Waals surface area contributed by atoms with Gasteiger partial charge in [0.1, 0.15) is 5.82 Å². The van der Waals surface area contributed by atoms with Crippen molar-refractivity contribution < 1.29 is 0 Å². The monoisotopic (exact) mass is 328 g/mol. The maximum absolute atomic E-state index is 6.20. The van der Waals surface area contributed by atoms with E-state index in [2.05, 4.69) is 51.9 Å². The van der Waals surface area contributed by atoms with Crippen LogP contribution in [-0.2, 0) is 6.54 Å². The lowest BCUT2D eigenvalue weighted by Gasteiger charge is -2.12. The van der Waals surface area contributed by atoms with E-state index in [1.807, 2.05) is 37.4 Å². The number of rotatable bonds is 3. The Balaban J connectivity index is 1.93. The molecule has 0 aliphatic carbocycles. The highest BCUT2D eigenvalue weighted by molar-refractivity contribution is 5.91. The van der Waals surface area contributed by atoms with Crippen molar-refractivity contribution >= 4 is 16.6 Å². The van der Waals surface area contributed by atoms with Gasteiger partial charge in [0.2, 0.25) is 0 Å². The summed E-state index contributed by atoms with van der Waals surface area (Å²) in [4.78, 5) is 9.10. The fraction of sp³-hybridized carbons (Fsp3) is 0.143. The van der Waals surface area contributed by atoms with Gasteiger partial charge in [0, 0.05) is 46.7 Å². The number of aryl methyl sites for hydroxylation is 2. The Hall–Kier alpha value is -3.14. The molecule has 4 heteroatoms. The van der Waals surface area contributed by atoms with Gasteiger partial charge in [-0.1, -0.05) is 24.3 Å². The van der Waals surface area contributed by atoms with Crippen LogP contribution in [0.2, 0.25) is 0 Å². The average Bonchev–Trinajstić information content (AvgIpc) is 3.04. The number of hydrogen-bond acceptors (Lipinski definition) is 3. The third kappa shape index (κ3) is 2.66. The second kappa shape index (κ2) is 6.06. The van der Waals surface area contributed by atoms with E-state index in [0.717, 1.165) is 40.4 Å². The van der Waals surface area contributed by atoms with Crippen molar-refractivity contribution in [3.8, 4) is 22.4 Å². The fourth-order valence-corrected chi connectivity index (χ4v) is 3.24. The predicted octanol–water partition coefficient (Wildman–Crippen LogP) is 4.68. The van der Waals surface area contributed by atoms with Gasteiger partial charge < -0.3 is 10.3 Å². The van der Waals surface area contributed by atoms with Gasteiger partial charge in [-0.3, -0.25) is 0 Å². The number of aromatic nitrogens is 3. The zero-order valence-electron chi connectivity index (χ0n) is 14.4. The number of benzene rings is 2. The Morgan fingerprint density at radius 3 is 2.68 bits per heavy atom. The minimum absolute atomic E-state index is 0.722. The van der Waals surface area contributed by atoms with Crippen LogP contribution in [0.1, 0.15) is 12.7 Å². The van der Waals surface area contributed by atoms with Crippen molar-refractivity contribution in [3.05, 3.63) is 66.7 Å². The smallest absolute Gasteiger partial charge is 0.125 e. The highest BCUT2D eigenvalue weighted by atomic mass is 14.9. The Labute approximate surface area is 147 Å². The zero-order valence-corrected chi connectivity index (χ0v) is 14.4. The fourth-order valence-electron chi connectivity index (χ4n) is 3.24. The molecule has 25 heavy (non-hydrogen) atoms. The average molecular weight is 328 g/mol. The number of anilines is 1. The Morgan fingerprint density at radius 1 is 1.04 bits per heavy atom. The molecule has 2 aromatic carbocycles. The Kier molecular flexibility index (Phi) is 3.73. The number of nitrogen functional groups attached to an aromatic ring is 1. The molecule has 0 atom stereocenters. The van der Waals surface area contributed by atoms with Crippen LogP contribution in [0.5, 0.6) is 0 Å². The van der Waals surface area contributed by atoms with Gasteiger partial charge in [-0.15, -0.1) is 0 Å². The normalized spacial score (nSPS) is 11.1. The molecule has 0 spiro atoms. The summed E-state index contributed by atoms with van der Waals surface area (Å²) >= 11 is 0. The SMILES string of the molecule is CCn1ccc2cc(-c3cnc(C)nc3-c3ccccc3N)ccc21. The first-order valence-electron chi connectivity index (χ1n) is 8.45. The van der Waals surface area contributed by atoms with Crippen molar-refractivity contribution in [3.63, 3.8) is 0 Å². The third-order valence-corrected chi connectivity index (χ3v) is 4.55. The van der Waals surface area contributed by atoms with E-state index in [0.29, 0.717) is 0 Å². The van der Waals surface area contributed by atoms with Gasteiger partial charge >= 0.3 is 0 Å². The molecule has 0 saturated heterocycles. The Bertz CT molecular complexity index is 1060. The van der Waals surface area contributed by atoms with E-state index in [-0.39, 0.29) is 0 Å². The van der Waals surface area contributed by atoms with Crippen LogP contribution >= 0.6 is 0 Å². The number of nitrogens with zero attached hydrogens (tertiary/aromatic N) is 3. The van der Waals surface area contributed by atoms with Crippen LogP contribution in [0.25, 0.3) is 33.3 Å². The minimum Gasteiger partial charge on any atom is -0.398 e. The first-order chi connectivity index (χ1) is 12.2. The van der Waals surface area contributed by atoms with Crippen LogP contribution in [0.4, 0.5) is 5.69 Å². The van der Waals surface area contributed by atoms with Gasteiger partial charge in [0.15, 0.2) is 0 Å². The van der Waals surface area contributed by atoms with E-state index in [4.69, 9.17) is 5.73 Å². The molecule has 4 aromatic rings. The molecule has 0 aliphatic heterocycles. The van der Waals surface area contributed by atoms with Crippen molar-refractivity contribution in [1.82, 2.24) is 14.5 Å². The van der Waals surface area contributed by atoms with E-state index in [1.54, 1.807) is 0 Å². The molecule has 0 unspecified atom stereocenters. The molecule has 0 fully saturated rings. The molecule has 4 rings (SSSR count). The predicted molar refractivity (Wildman–Crippen MR) is 103 cm³/mol. The molecule has 2 N–H and O–H groups in total. The number of fused-ring (bicyclic) bond motifs is 1. The highest BCUT2D eigenvalue weighted by Gasteiger charge is 2.13. The maximum atomic E-state index is 6.20. The number of nitrogens with two attached hydrogens (primary N) is 1. The number of para-hydroxylation sites is 1. The lowest BCUT2D eigenvalue weighted by Crippen LogP contribution is -1.98. The maximum Gasteiger partial charge on any atom is 0.125 e. The van der Waals surface area contributed by atoms with Crippen LogP contribution in [0.15, 0.2) is 60.9 Å². The molecular weight excluding hydrogens is 308 g/mol. The summed E-state index contributed by atoms with van der Waals surface area (Å²) in [6.45, 7) is 5.01. The molecule has 0 saturated carbocycles. The van der Waals surface area contributed by atoms with Gasteiger partial charge in [-0.25, -0.2) is 9.97 Å². The molecule has 4 nitrogen and oxygen atoms in total. The second-order valence-electron chi connectivity index (χ2n) is 6.14. The first kappa shape index (κ1) is 15.4. The summed E-state index contributed by atoms with van der Waals surface area (Å²) in [5.74, 6) is 0.736. The second-order valence-corrected chi connectivity index (χ2v) is 6.14. The number of hydrogen-bond donors (Lipinski definition) is 1. The molecular formula is C21H20N4. The lowest BCUT2D eigenvalue weighted by molar-refractivity contribution is 0.798. The standard InChI is InChI=1S/C21H20N4/c1-3-25-11-10-16-12-15(8-9-20(16)25)18-13-23-14(2)24-21(18)17-6-4-5-7-19(17)22/h4-13H,3,22H2,1-2H3. The van der Waals surface area contributed by atoms with E-state index in [9.17, 15) is 0 Å². The summed E-state index contributed by atoms with van der Waals surface area (Å²) in [6.07, 6.45) is 4.01. The van der Waals surface area contributed by atoms with E-state index < -0.39 is 0 Å². The summed E-state index contributed by atoms with van der Waals surface area (Å²) in [5.41, 5.74) is 12.1. The summed E-state index contributed by atoms with van der Waals surface area (Å²) < 4.78 is 2.24. The van der Waals surface area contributed by atoms with Gasteiger partial charge in [0.25, 0.3) is 0 Å². The minimum atomic E-state index is 0.722. The van der Waals surface area contributed by atoms with Crippen molar-refractivity contribution in [2.75, 3.05) is 5.73 Å². The van der Waals surface area contributed by atoms with Gasteiger partial charge in [-0.2, -0.15) is 0 Å². The van der Waals surface area contributed by atoms with E-state index in [1.165, 1.54) is 10.9 Å². The molecule has 0 radical (unpaired) electrons. The molecule has 2 heterocycles. The molecule has 124 valence electrons. The van der Waals surface area contributed by atoms with Crippen LogP contribution < -0.4 is 5.73 Å². The summed E-state index contributed by atoms with van der Waals surface area (Å²) in [6, 6.07) is 16.5. The summed E-state index contributed by atoms with van der Waals surface area (Å²) in [7, 11) is 0. The van der Waals surface area contributed by atoms with Crippen LogP contribution in [0, 0.1) is 6.92 Å². The molecule has 2 aromatic heterocycles. The largest absolute Gasteiger partial charge is 0.398 e. The Morgan fingerprint density at radius 2 is 1.88 bits per heavy atom. The van der Waals surface area contributed by atoms with Crippen LogP contribution in [-0.4, -0.2) is 14.5 Å². The zero-order chi connectivity index (χ0) is 17.4. The third-order valence-electron chi connectivity index (χ3n) is 4.55. The van der Waals surface area contributed by atoms with E-state index >= 15 is 0 Å². The highest BCUT2D eigenvalue weighted by Crippen LogP contribution is 2.34. The van der Waals surface area contributed by atoms with Gasteiger partial charge in [-0.05, 0) is 43.7 Å². The van der Waals surface area contributed by atoms with Crippen molar-refractivity contribution in [1.29, 1.82) is 0 Å².